The summed E-state index contributed by atoms with van der Waals surface area (Å²) in [5.41, 5.74) is 0.616. The average Bonchev–Trinajstić information content (AvgIpc) is 2.09. The number of aldehydes is 1. The van der Waals surface area contributed by atoms with E-state index in [4.69, 9.17) is 5.11 Å². The van der Waals surface area contributed by atoms with Crippen LogP contribution >= 0.6 is 0 Å². The summed E-state index contributed by atoms with van der Waals surface area (Å²) in [5, 5.41) is 8.71. The molecule has 1 N–H and O–H groups in total. The quantitative estimate of drug-likeness (QED) is 0.634. The highest BCUT2D eigenvalue weighted by atomic mass is 16.3. The Kier molecular flexibility index (Phi) is 2.74. The maximum Gasteiger partial charge on any atom is 0.131 e. The second-order valence-corrected chi connectivity index (χ2v) is 2.18. The number of carbonyl (C=O) groups is 1. The smallest absolute Gasteiger partial charge is 0.131 e. The number of nitrogens with zero attached hydrogens (tertiary/aromatic N) is 1. The predicted octanol–water partition coefficient (Wildman–Crippen LogP) is 0.356. The van der Waals surface area contributed by atoms with E-state index in [0.29, 0.717) is 12.0 Å². The molecule has 0 spiro atoms. The van der Waals surface area contributed by atoms with Gasteiger partial charge in [-0.3, -0.25) is 4.98 Å². The Morgan fingerprint density at radius 3 is 2.91 bits per heavy atom. The van der Waals surface area contributed by atoms with E-state index in [2.05, 4.69) is 4.98 Å². The summed E-state index contributed by atoms with van der Waals surface area (Å²) in [7, 11) is 0. The lowest BCUT2D eigenvalue weighted by Crippen LogP contribution is -2.06. The molecule has 0 aliphatic rings. The maximum atomic E-state index is 10.3. The second-order valence-electron chi connectivity index (χ2n) is 2.18. The molecule has 0 bridgehead atoms. The molecule has 1 atom stereocenters. The van der Waals surface area contributed by atoms with Gasteiger partial charge in [-0.2, -0.15) is 0 Å². The van der Waals surface area contributed by atoms with Gasteiger partial charge in [0, 0.05) is 6.20 Å². The molecule has 3 heteroatoms. The Balaban J connectivity index is 2.82. The molecule has 1 heterocycles. The molecule has 1 unspecified atom stereocenters. The molecule has 1 rings (SSSR count). The van der Waals surface area contributed by atoms with Crippen molar-refractivity contribution in [2.75, 3.05) is 6.61 Å². The van der Waals surface area contributed by atoms with Gasteiger partial charge in [0.05, 0.1) is 18.2 Å². The molecule has 0 radical (unpaired) electrons. The van der Waals surface area contributed by atoms with Crippen molar-refractivity contribution in [1.29, 1.82) is 0 Å². The van der Waals surface area contributed by atoms with Crippen molar-refractivity contribution in [2.24, 2.45) is 0 Å². The number of carbonyl (C=O) groups excluding carboxylic acids is 1. The zero-order valence-corrected chi connectivity index (χ0v) is 5.97. The fraction of sp³-hybridized carbons (Fsp3) is 0.250. The SMILES string of the molecule is O=CC(CO)c1ccccn1. The third-order valence-corrected chi connectivity index (χ3v) is 1.43. The van der Waals surface area contributed by atoms with Gasteiger partial charge in [-0.1, -0.05) is 6.07 Å². The molecule has 1 aromatic heterocycles. The molecule has 0 aliphatic carbocycles. The fourth-order valence-electron chi connectivity index (χ4n) is 0.802. The number of hydrogen-bond donors (Lipinski definition) is 1. The highest BCUT2D eigenvalue weighted by molar-refractivity contribution is 5.60. The van der Waals surface area contributed by atoms with Crippen LogP contribution in [0.25, 0.3) is 0 Å². The summed E-state index contributed by atoms with van der Waals surface area (Å²) in [6, 6.07) is 5.27. The molecule has 0 saturated heterocycles. The number of hydrogen-bond acceptors (Lipinski definition) is 3. The van der Waals surface area contributed by atoms with Crippen LogP contribution in [-0.2, 0) is 4.79 Å². The van der Waals surface area contributed by atoms with Gasteiger partial charge >= 0.3 is 0 Å². The second kappa shape index (κ2) is 3.83. The molecule has 11 heavy (non-hydrogen) atoms. The minimum Gasteiger partial charge on any atom is -0.395 e. The third kappa shape index (κ3) is 1.85. The van der Waals surface area contributed by atoms with Gasteiger partial charge in [-0.05, 0) is 12.1 Å². The Hall–Kier alpha value is -1.22. The van der Waals surface area contributed by atoms with Gasteiger partial charge in [0.25, 0.3) is 0 Å². The first-order valence-electron chi connectivity index (χ1n) is 3.35. The predicted molar refractivity (Wildman–Crippen MR) is 40.1 cm³/mol. The van der Waals surface area contributed by atoms with E-state index < -0.39 is 5.92 Å². The first-order valence-corrected chi connectivity index (χ1v) is 3.35. The molecule has 0 amide bonds. The highest BCUT2D eigenvalue weighted by Gasteiger charge is 2.08. The van der Waals surface area contributed by atoms with Gasteiger partial charge in [-0.25, -0.2) is 0 Å². The van der Waals surface area contributed by atoms with E-state index in [-0.39, 0.29) is 6.61 Å². The van der Waals surface area contributed by atoms with Crippen LogP contribution in [0.15, 0.2) is 24.4 Å². The maximum absolute atomic E-state index is 10.3. The normalized spacial score (nSPS) is 12.5. The van der Waals surface area contributed by atoms with Crippen molar-refractivity contribution in [3.63, 3.8) is 0 Å². The average molecular weight is 151 g/mol. The van der Waals surface area contributed by atoms with Crippen LogP contribution < -0.4 is 0 Å². The van der Waals surface area contributed by atoms with Crippen molar-refractivity contribution >= 4 is 6.29 Å². The lowest BCUT2D eigenvalue weighted by Gasteiger charge is -2.03. The summed E-state index contributed by atoms with van der Waals surface area (Å²) in [6.45, 7) is -0.180. The Bertz CT molecular complexity index is 223. The number of aliphatic hydroxyl groups excluding tert-OH is 1. The van der Waals surface area contributed by atoms with Gasteiger partial charge < -0.3 is 9.90 Å². The van der Waals surface area contributed by atoms with Gasteiger partial charge in [0.1, 0.15) is 6.29 Å². The van der Waals surface area contributed by atoms with Crippen LogP contribution in [0.1, 0.15) is 11.6 Å². The molecule has 58 valence electrons. The van der Waals surface area contributed by atoms with Crippen molar-refractivity contribution in [3.8, 4) is 0 Å². The van der Waals surface area contributed by atoms with E-state index in [0.717, 1.165) is 0 Å². The largest absolute Gasteiger partial charge is 0.395 e. The lowest BCUT2D eigenvalue weighted by atomic mass is 10.1. The topological polar surface area (TPSA) is 50.2 Å². The van der Waals surface area contributed by atoms with Crippen LogP contribution in [0.3, 0.4) is 0 Å². The first-order chi connectivity index (χ1) is 5.38. The number of rotatable bonds is 3. The number of aliphatic hydroxyl groups is 1. The van der Waals surface area contributed by atoms with Crippen LogP contribution in [0, 0.1) is 0 Å². The Labute approximate surface area is 64.7 Å². The van der Waals surface area contributed by atoms with Crippen LogP contribution in [0.4, 0.5) is 0 Å². The molecule has 1 aromatic rings. The van der Waals surface area contributed by atoms with Crippen LogP contribution in [0.5, 0.6) is 0 Å². The monoisotopic (exact) mass is 151 g/mol. The van der Waals surface area contributed by atoms with Gasteiger partial charge in [0.2, 0.25) is 0 Å². The third-order valence-electron chi connectivity index (χ3n) is 1.43. The fourth-order valence-corrected chi connectivity index (χ4v) is 0.802. The van der Waals surface area contributed by atoms with Crippen molar-refractivity contribution in [3.05, 3.63) is 30.1 Å². The van der Waals surface area contributed by atoms with E-state index >= 15 is 0 Å². The van der Waals surface area contributed by atoms with E-state index in [1.165, 1.54) is 0 Å². The molecular formula is C8H9NO2. The van der Waals surface area contributed by atoms with E-state index in [1.807, 2.05) is 0 Å². The summed E-state index contributed by atoms with van der Waals surface area (Å²) >= 11 is 0. The van der Waals surface area contributed by atoms with E-state index in [9.17, 15) is 4.79 Å². The summed E-state index contributed by atoms with van der Waals surface area (Å²) in [4.78, 5) is 14.3. The van der Waals surface area contributed by atoms with Crippen LogP contribution in [0.2, 0.25) is 0 Å². The lowest BCUT2D eigenvalue weighted by molar-refractivity contribution is -0.109. The van der Waals surface area contributed by atoms with Gasteiger partial charge in [0.15, 0.2) is 0 Å². The highest BCUT2D eigenvalue weighted by Crippen LogP contribution is 2.07. The first kappa shape index (κ1) is 7.88. The van der Waals surface area contributed by atoms with Gasteiger partial charge in [-0.15, -0.1) is 0 Å². The number of aromatic nitrogens is 1. The molecular weight excluding hydrogens is 142 g/mol. The minimum atomic E-state index is -0.476. The van der Waals surface area contributed by atoms with Crippen molar-refractivity contribution in [1.82, 2.24) is 4.98 Å². The molecule has 3 nitrogen and oxygen atoms in total. The molecule has 0 fully saturated rings. The Morgan fingerprint density at radius 2 is 2.45 bits per heavy atom. The minimum absolute atomic E-state index is 0.180. The standard InChI is InChI=1S/C8H9NO2/c10-5-7(6-11)8-3-1-2-4-9-8/h1-5,7,11H,6H2. The Morgan fingerprint density at radius 1 is 1.64 bits per heavy atom. The molecule has 0 aromatic carbocycles. The summed E-state index contributed by atoms with van der Waals surface area (Å²) < 4.78 is 0. The zero-order valence-electron chi connectivity index (χ0n) is 5.97. The summed E-state index contributed by atoms with van der Waals surface area (Å²) in [6.07, 6.45) is 2.30. The zero-order chi connectivity index (χ0) is 8.10. The van der Waals surface area contributed by atoms with E-state index in [1.54, 1.807) is 24.4 Å². The van der Waals surface area contributed by atoms with Crippen molar-refractivity contribution < 1.29 is 9.90 Å². The van der Waals surface area contributed by atoms with Crippen molar-refractivity contribution in [2.45, 2.75) is 5.92 Å². The van der Waals surface area contributed by atoms with Crippen LogP contribution in [-0.4, -0.2) is 23.0 Å². The molecule has 0 aliphatic heterocycles. The molecule has 0 saturated carbocycles. The number of pyridine rings is 1. The summed E-state index contributed by atoms with van der Waals surface area (Å²) in [5.74, 6) is -0.476.